The highest BCUT2D eigenvalue weighted by atomic mass is 79.9. The third-order valence-electron chi connectivity index (χ3n) is 5.33. The first-order valence-corrected chi connectivity index (χ1v) is 11.9. The van der Waals surface area contributed by atoms with Gasteiger partial charge in [0, 0.05) is 29.4 Å². The second-order valence-electron chi connectivity index (χ2n) is 7.41. The van der Waals surface area contributed by atoms with Gasteiger partial charge in [-0.2, -0.15) is 0 Å². The zero-order chi connectivity index (χ0) is 19.2. The monoisotopic (exact) mass is 451 g/mol. The average Bonchev–Trinajstić information content (AvgIpc) is 3.04. The van der Waals surface area contributed by atoms with Crippen LogP contribution in [0.1, 0.15) is 58.8 Å². The van der Waals surface area contributed by atoms with Crippen molar-refractivity contribution in [2.75, 3.05) is 17.2 Å². The number of benzene rings is 1. The van der Waals surface area contributed by atoms with Gasteiger partial charge in [0.25, 0.3) is 0 Å². The van der Waals surface area contributed by atoms with Crippen LogP contribution in [0.3, 0.4) is 0 Å². The Labute approximate surface area is 175 Å². The molecule has 2 aliphatic rings. The quantitative estimate of drug-likeness (QED) is 0.558. The lowest BCUT2D eigenvalue weighted by molar-refractivity contribution is -0.117. The van der Waals surface area contributed by atoms with Crippen LogP contribution in [0.15, 0.2) is 33.7 Å². The summed E-state index contributed by atoms with van der Waals surface area (Å²) in [6, 6.07) is 8.50. The summed E-state index contributed by atoms with van der Waals surface area (Å²) in [6.07, 6.45) is 8.65. The van der Waals surface area contributed by atoms with Crippen LogP contribution < -0.4 is 4.90 Å². The van der Waals surface area contributed by atoms with Crippen molar-refractivity contribution in [3.8, 4) is 0 Å². The van der Waals surface area contributed by atoms with Crippen molar-refractivity contribution in [3.63, 3.8) is 0 Å². The van der Waals surface area contributed by atoms with E-state index >= 15 is 0 Å². The van der Waals surface area contributed by atoms with Crippen LogP contribution in [0.25, 0.3) is 0 Å². The number of anilines is 1. The lowest BCUT2D eigenvalue weighted by Crippen LogP contribution is -2.50. The maximum absolute atomic E-state index is 12.6. The number of halogens is 1. The first-order valence-electron chi connectivity index (χ1n) is 10.1. The molecule has 1 aromatic carbocycles. The number of thioether (sulfide) groups is 1. The SMILES string of the molecule is CCCCN1C(=NC2CCCCC2)SCC1N(C(C)=O)c1ccc(Br)cc1. The van der Waals surface area contributed by atoms with Gasteiger partial charge >= 0.3 is 0 Å². The summed E-state index contributed by atoms with van der Waals surface area (Å²) in [5, 5.41) is 1.14. The Bertz CT molecular complexity index is 658. The molecule has 1 aliphatic carbocycles. The van der Waals surface area contributed by atoms with Crippen LogP contribution in [0.4, 0.5) is 5.69 Å². The maximum atomic E-state index is 12.6. The number of nitrogens with zero attached hydrogens (tertiary/aromatic N) is 3. The van der Waals surface area contributed by atoms with Gasteiger partial charge in [-0.3, -0.25) is 14.7 Å². The summed E-state index contributed by atoms with van der Waals surface area (Å²) < 4.78 is 1.03. The van der Waals surface area contributed by atoms with E-state index in [1.807, 2.05) is 40.9 Å². The van der Waals surface area contributed by atoms with Gasteiger partial charge in [0.05, 0.1) is 6.04 Å². The van der Waals surface area contributed by atoms with Crippen molar-refractivity contribution >= 4 is 44.5 Å². The molecule has 148 valence electrons. The second kappa shape index (κ2) is 9.97. The van der Waals surface area contributed by atoms with E-state index in [2.05, 4.69) is 27.8 Å². The average molecular weight is 452 g/mol. The third-order valence-corrected chi connectivity index (χ3v) is 6.92. The highest BCUT2D eigenvalue weighted by Crippen LogP contribution is 2.33. The van der Waals surface area contributed by atoms with E-state index < -0.39 is 0 Å². The molecule has 0 spiro atoms. The standard InChI is InChI=1S/C21H30BrN3OS/c1-3-4-14-24-20(15-27-21(24)23-18-8-6-5-7-9-18)25(16(2)26)19-12-10-17(22)11-13-19/h10-13,18,20H,3-9,14-15H2,1-2H3. The first kappa shape index (κ1) is 20.7. The number of unbranched alkanes of at least 4 members (excludes halogenated alkanes) is 1. The fraction of sp³-hybridized carbons (Fsp3) is 0.619. The van der Waals surface area contributed by atoms with E-state index in [0.29, 0.717) is 6.04 Å². The molecule has 2 fully saturated rings. The molecule has 27 heavy (non-hydrogen) atoms. The minimum Gasteiger partial charge on any atom is -0.330 e. The van der Waals surface area contributed by atoms with E-state index in [1.54, 1.807) is 6.92 Å². The van der Waals surface area contributed by atoms with Crippen molar-refractivity contribution in [2.45, 2.75) is 71.0 Å². The normalized spacial score (nSPS) is 22.4. The Hall–Kier alpha value is -1.01. The molecule has 1 amide bonds. The van der Waals surface area contributed by atoms with E-state index in [0.717, 1.165) is 40.5 Å². The van der Waals surface area contributed by atoms with E-state index in [4.69, 9.17) is 4.99 Å². The highest BCUT2D eigenvalue weighted by Gasteiger charge is 2.36. The molecule has 1 saturated heterocycles. The lowest BCUT2D eigenvalue weighted by Gasteiger charge is -2.35. The van der Waals surface area contributed by atoms with Crippen LogP contribution in [-0.4, -0.2) is 40.5 Å². The molecule has 1 saturated carbocycles. The number of carbonyl (C=O) groups is 1. The molecule has 0 bridgehead atoms. The summed E-state index contributed by atoms with van der Waals surface area (Å²) >= 11 is 5.31. The summed E-state index contributed by atoms with van der Waals surface area (Å²) in [4.78, 5) is 22.0. The molecule has 1 unspecified atom stereocenters. The maximum Gasteiger partial charge on any atom is 0.225 e. The van der Waals surface area contributed by atoms with Gasteiger partial charge in [0.2, 0.25) is 5.91 Å². The number of amidine groups is 1. The highest BCUT2D eigenvalue weighted by molar-refractivity contribution is 9.10. The Morgan fingerprint density at radius 3 is 2.59 bits per heavy atom. The van der Waals surface area contributed by atoms with Crippen LogP contribution in [0.5, 0.6) is 0 Å². The molecule has 0 N–H and O–H groups in total. The van der Waals surface area contributed by atoms with Gasteiger partial charge in [-0.15, -0.1) is 0 Å². The predicted molar refractivity (Wildman–Crippen MR) is 119 cm³/mol. The smallest absolute Gasteiger partial charge is 0.225 e. The summed E-state index contributed by atoms with van der Waals surface area (Å²) in [6.45, 7) is 4.84. The molecule has 0 radical (unpaired) electrons. The fourth-order valence-corrected chi connectivity index (χ4v) is 5.37. The first-order chi connectivity index (χ1) is 13.1. The summed E-state index contributed by atoms with van der Waals surface area (Å²) in [5.41, 5.74) is 0.955. The zero-order valence-corrected chi connectivity index (χ0v) is 18.8. The molecule has 4 nitrogen and oxygen atoms in total. The largest absolute Gasteiger partial charge is 0.330 e. The predicted octanol–water partition coefficient (Wildman–Crippen LogP) is 5.67. The number of hydrogen-bond acceptors (Lipinski definition) is 3. The zero-order valence-electron chi connectivity index (χ0n) is 16.4. The summed E-state index contributed by atoms with van der Waals surface area (Å²) in [5.74, 6) is 0.966. The lowest BCUT2D eigenvalue weighted by atomic mass is 9.96. The molecular weight excluding hydrogens is 422 g/mol. The van der Waals surface area contributed by atoms with Crippen LogP contribution in [0.2, 0.25) is 0 Å². The topological polar surface area (TPSA) is 35.9 Å². The molecule has 1 heterocycles. The number of hydrogen-bond donors (Lipinski definition) is 0. The number of aliphatic imine (C=N–C) groups is 1. The van der Waals surface area contributed by atoms with Crippen molar-refractivity contribution < 1.29 is 4.79 Å². The Balaban J connectivity index is 1.85. The van der Waals surface area contributed by atoms with Gasteiger partial charge < -0.3 is 4.90 Å². The van der Waals surface area contributed by atoms with Gasteiger partial charge in [0.1, 0.15) is 6.17 Å². The molecule has 0 aromatic heterocycles. The van der Waals surface area contributed by atoms with Gasteiger partial charge in [-0.25, -0.2) is 0 Å². The second-order valence-corrected chi connectivity index (χ2v) is 9.31. The molecule has 1 aromatic rings. The number of carbonyl (C=O) groups excluding carboxylic acids is 1. The Morgan fingerprint density at radius 2 is 1.96 bits per heavy atom. The van der Waals surface area contributed by atoms with Crippen molar-refractivity contribution in [2.24, 2.45) is 4.99 Å². The van der Waals surface area contributed by atoms with E-state index in [-0.39, 0.29) is 12.1 Å². The minimum absolute atomic E-state index is 0.0440. The molecule has 1 aliphatic heterocycles. The molecule has 6 heteroatoms. The van der Waals surface area contributed by atoms with Gasteiger partial charge in [-0.1, -0.05) is 60.3 Å². The van der Waals surface area contributed by atoms with Crippen molar-refractivity contribution in [1.29, 1.82) is 0 Å². The van der Waals surface area contributed by atoms with Crippen LogP contribution >= 0.6 is 27.7 Å². The van der Waals surface area contributed by atoms with Crippen LogP contribution in [0, 0.1) is 0 Å². The summed E-state index contributed by atoms with van der Waals surface area (Å²) in [7, 11) is 0. The van der Waals surface area contributed by atoms with Gasteiger partial charge in [0.15, 0.2) is 5.17 Å². The van der Waals surface area contributed by atoms with Crippen molar-refractivity contribution in [3.05, 3.63) is 28.7 Å². The number of amides is 1. The minimum atomic E-state index is 0.0440. The van der Waals surface area contributed by atoms with Gasteiger partial charge in [-0.05, 0) is 43.5 Å². The number of rotatable bonds is 6. The Kier molecular flexibility index (Phi) is 7.65. The fourth-order valence-electron chi connectivity index (χ4n) is 3.88. The molecule has 1 atom stereocenters. The Morgan fingerprint density at radius 1 is 1.26 bits per heavy atom. The van der Waals surface area contributed by atoms with Crippen LogP contribution in [-0.2, 0) is 4.79 Å². The third kappa shape index (κ3) is 5.29. The molecule has 3 rings (SSSR count). The van der Waals surface area contributed by atoms with E-state index in [9.17, 15) is 4.79 Å². The molecular formula is C21H30BrN3OS. The van der Waals surface area contributed by atoms with Crippen molar-refractivity contribution in [1.82, 2.24) is 4.90 Å². The van der Waals surface area contributed by atoms with E-state index in [1.165, 1.54) is 32.1 Å².